The Hall–Kier alpha value is -2.62. The Kier molecular flexibility index (Phi) is 6.03. The molecule has 0 N–H and O–H groups in total. The molecule has 0 radical (unpaired) electrons. The normalized spacial score (nSPS) is 19.6. The number of rotatable bonds is 5. The molecule has 0 saturated carbocycles. The van der Waals surface area contributed by atoms with E-state index in [1.54, 1.807) is 12.3 Å². The van der Waals surface area contributed by atoms with Crippen molar-refractivity contribution < 1.29 is 22.6 Å². The van der Waals surface area contributed by atoms with Crippen LogP contribution in [0.25, 0.3) is 0 Å². The molecule has 3 aliphatic heterocycles. The lowest BCUT2D eigenvalue weighted by atomic mass is 10.1. The molecule has 0 bridgehead atoms. The number of benzene rings is 2. The Bertz CT molecular complexity index is 1110. The van der Waals surface area contributed by atoms with E-state index in [1.807, 2.05) is 30.3 Å². The number of piperidine rings is 1. The molecule has 0 unspecified atom stereocenters. The topological polar surface area (TPSA) is 80.7 Å². The summed E-state index contributed by atoms with van der Waals surface area (Å²) in [6.07, 6.45) is 5.03. The van der Waals surface area contributed by atoms with Gasteiger partial charge in [0.05, 0.1) is 24.6 Å². The molecule has 2 fully saturated rings. The highest BCUT2D eigenvalue weighted by Crippen LogP contribution is 2.35. The van der Waals surface area contributed by atoms with Crippen molar-refractivity contribution in [2.24, 2.45) is 4.99 Å². The Labute approximate surface area is 188 Å². The Morgan fingerprint density at radius 3 is 2.47 bits per heavy atom. The summed E-state index contributed by atoms with van der Waals surface area (Å²) in [4.78, 5) is 7.06. The second kappa shape index (κ2) is 9.09. The Balaban J connectivity index is 1.48. The van der Waals surface area contributed by atoms with Crippen molar-refractivity contribution >= 4 is 27.6 Å². The maximum atomic E-state index is 13.6. The molecule has 3 aliphatic rings. The smallest absolute Gasteiger partial charge is 0.245 e. The van der Waals surface area contributed by atoms with Gasteiger partial charge in [-0.25, -0.2) is 8.42 Å². The predicted octanol–water partition coefficient (Wildman–Crippen LogP) is 3.18. The van der Waals surface area contributed by atoms with Crippen molar-refractivity contribution in [2.45, 2.75) is 24.2 Å². The Morgan fingerprint density at radius 2 is 1.66 bits per heavy atom. The van der Waals surface area contributed by atoms with Crippen LogP contribution in [-0.4, -0.2) is 65.1 Å². The van der Waals surface area contributed by atoms with Gasteiger partial charge >= 0.3 is 0 Å². The van der Waals surface area contributed by atoms with Gasteiger partial charge in [0.15, 0.2) is 11.5 Å². The van der Waals surface area contributed by atoms with E-state index in [2.05, 4.69) is 9.89 Å². The maximum absolute atomic E-state index is 13.6. The number of hydrogen-bond donors (Lipinski definition) is 0. The molecule has 0 aliphatic carbocycles. The van der Waals surface area contributed by atoms with Crippen molar-refractivity contribution in [3.63, 3.8) is 0 Å². The Morgan fingerprint density at radius 1 is 0.875 bits per heavy atom. The molecule has 2 saturated heterocycles. The quantitative estimate of drug-likeness (QED) is 0.642. The van der Waals surface area contributed by atoms with Gasteiger partial charge in [-0.05, 0) is 61.2 Å². The number of hydrogen-bond acceptors (Lipinski definition) is 7. The highest BCUT2D eigenvalue weighted by molar-refractivity contribution is 7.89. The van der Waals surface area contributed by atoms with Crippen molar-refractivity contribution in [3.05, 3.63) is 42.0 Å². The monoisotopic (exact) mass is 457 g/mol. The van der Waals surface area contributed by atoms with Crippen LogP contribution in [-0.2, 0) is 14.8 Å². The molecule has 5 rings (SSSR count). The van der Waals surface area contributed by atoms with Crippen LogP contribution >= 0.6 is 0 Å². The summed E-state index contributed by atoms with van der Waals surface area (Å²) in [5, 5.41) is 0. The zero-order valence-corrected chi connectivity index (χ0v) is 18.7. The van der Waals surface area contributed by atoms with Crippen LogP contribution in [0.15, 0.2) is 46.3 Å². The standard InChI is InChI=1S/C23H27N3O5S/c27-32(28,26-10-12-29-13-11-26)23-15-19(5-6-20(23)25-8-2-1-3-9-25)24-16-18-4-7-21-22(14-18)31-17-30-21/h4-7,14-16H,1-3,8-13,17H2. The van der Waals surface area contributed by atoms with Gasteiger partial charge in [-0.3, -0.25) is 4.99 Å². The fraction of sp³-hybridized carbons (Fsp3) is 0.435. The number of aliphatic imine (C=N–C) groups is 1. The van der Waals surface area contributed by atoms with Gasteiger partial charge in [-0.2, -0.15) is 4.31 Å². The van der Waals surface area contributed by atoms with Gasteiger partial charge in [0.1, 0.15) is 4.90 Å². The number of fused-ring (bicyclic) bond motifs is 1. The first kappa shape index (κ1) is 21.2. The van der Waals surface area contributed by atoms with Gasteiger partial charge in [-0.1, -0.05) is 0 Å². The van der Waals surface area contributed by atoms with E-state index in [-0.39, 0.29) is 6.79 Å². The van der Waals surface area contributed by atoms with E-state index in [4.69, 9.17) is 14.2 Å². The van der Waals surface area contributed by atoms with Crippen LogP contribution in [0.4, 0.5) is 11.4 Å². The number of sulfonamides is 1. The van der Waals surface area contributed by atoms with Gasteiger partial charge in [0.2, 0.25) is 16.8 Å². The van der Waals surface area contributed by atoms with Gasteiger partial charge < -0.3 is 19.1 Å². The lowest BCUT2D eigenvalue weighted by Gasteiger charge is -2.32. The fourth-order valence-corrected chi connectivity index (χ4v) is 5.89. The predicted molar refractivity (Wildman–Crippen MR) is 122 cm³/mol. The molecule has 0 atom stereocenters. The minimum absolute atomic E-state index is 0.219. The fourth-order valence-electron chi connectivity index (χ4n) is 4.25. The summed E-state index contributed by atoms with van der Waals surface area (Å²) < 4.78 is 44.8. The molecule has 170 valence electrons. The number of anilines is 1. The van der Waals surface area contributed by atoms with Crippen LogP contribution < -0.4 is 14.4 Å². The van der Waals surface area contributed by atoms with Gasteiger partial charge in [-0.15, -0.1) is 0 Å². The third-order valence-corrected chi connectivity index (χ3v) is 7.92. The highest BCUT2D eigenvalue weighted by atomic mass is 32.2. The first-order valence-electron chi connectivity index (χ1n) is 11.0. The summed E-state index contributed by atoms with van der Waals surface area (Å²) in [5.41, 5.74) is 2.21. The first-order chi connectivity index (χ1) is 15.6. The molecular weight excluding hydrogens is 430 g/mol. The lowest BCUT2D eigenvalue weighted by molar-refractivity contribution is 0.0730. The van der Waals surface area contributed by atoms with E-state index in [0.29, 0.717) is 48.4 Å². The SMILES string of the molecule is O=S(=O)(c1cc(N=Cc2ccc3c(c2)OCO3)ccc1N1CCCCC1)N1CCOCC1. The third-order valence-electron chi connectivity index (χ3n) is 5.99. The van der Waals surface area contributed by atoms with Crippen molar-refractivity contribution in [1.29, 1.82) is 0 Å². The molecule has 0 spiro atoms. The minimum atomic E-state index is -3.65. The van der Waals surface area contributed by atoms with E-state index in [9.17, 15) is 8.42 Å². The second-order valence-electron chi connectivity index (χ2n) is 8.09. The van der Waals surface area contributed by atoms with E-state index in [0.717, 1.165) is 37.2 Å². The molecule has 3 heterocycles. The van der Waals surface area contributed by atoms with Gasteiger partial charge in [0.25, 0.3) is 0 Å². The molecule has 32 heavy (non-hydrogen) atoms. The van der Waals surface area contributed by atoms with Crippen LogP contribution in [0.5, 0.6) is 11.5 Å². The van der Waals surface area contributed by atoms with Crippen molar-refractivity contribution in [3.8, 4) is 11.5 Å². The molecule has 8 nitrogen and oxygen atoms in total. The summed E-state index contributed by atoms with van der Waals surface area (Å²) in [6.45, 7) is 3.52. The van der Waals surface area contributed by atoms with Crippen LogP contribution in [0.2, 0.25) is 0 Å². The van der Waals surface area contributed by atoms with Crippen molar-refractivity contribution in [1.82, 2.24) is 4.31 Å². The second-order valence-corrected chi connectivity index (χ2v) is 9.99. The summed E-state index contributed by atoms with van der Waals surface area (Å²) in [5.74, 6) is 1.40. The van der Waals surface area contributed by atoms with Crippen LogP contribution in [0, 0.1) is 0 Å². The molecular formula is C23H27N3O5S. The molecule has 9 heteroatoms. The lowest BCUT2D eigenvalue weighted by Crippen LogP contribution is -2.41. The minimum Gasteiger partial charge on any atom is -0.454 e. The highest BCUT2D eigenvalue weighted by Gasteiger charge is 2.30. The zero-order chi connectivity index (χ0) is 22.0. The molecule has 2 aromatic carbocycles. The van der Waals surface area contributed by atoms with Gasteiger partial charge in [0, 0.05) is 32.4 Å². The molecule has 0 aromatic heterocycles. The van der Waals surface area contributed by atoms with Crippen molar-refractivity contribution in [2.75, 3.05) is 51.1 Å². The van der Waals surface area contributed by atoms with E-state index < -0.39 is 10.0 Å². The van der Waals surface area contributed by atoms with E-state index >= 15 is 0 Å². The number of ether oxygens (including phenoxy) is 3. The van der Waals surface area contributed by atoms with Crippen LogP contribution in [0.1, 0.15) is 24.8 Å². The first-order valence-corrected chi connectivity index (χ1v) is 12.5. The number of nitrogens with zero attached hydrogens (tertiary/aromatic N) is 3. The molecule has 2 aromatic rings. The summed E-state index contributed by atoms with van der Waals surface area (Å²) >= 11 is 0. The largest absolute Gasteiger partial charge is 0.454 e. The summed E-state index contributed by atoms with van der Waals surface area (Å²) in [6, 6.07) is 11.1. The van der Waals surface area contributed by atoms with E-state index in [1.165, 1.54) is 10.7 Å². The average molecular weight is 458 g/mol. The maximum Gasteiger partial charge on any atom is 0.245 e. The zero-order valence-electron chi connectivity index (χ0n) is 17.9. The molecule has 0 amide bonds. The summed E-state index contributed by atoms with van der Waals surface area (Å²) in [7, 11) is -3.65. The third kappa shape index (κ3) is 4.32. The number of morpholine rings is 1. The average Bonchev–Trinajstić information content (AvgIpc) is 3.32. The van der Waals surface area contributed by atoms with Crippen LogP contribution in [0.3, 0.4) is 0 Å².